The molecule has 0 aliphatic carbocycles. The number of hydrogen-bond donors (Lipinski definition) is 2. The fraction of sp³-hybridized carbons (Fsp3) is 0.316. The predicted octanol–water partition coefficient (Wildman–Crippen LogP) is 3.26. The molecule has 0 fully saturated rings. The first-order valence-electron chi connectivity index (χ1n) is 8.19. The second-order valence-corrected chi connectivity index (χ2v) is 5.97. The lowest BCUT2D eigenvalue weighted by Gasteiger charge is -2.14. The van der Waals surface area contributed by atoms with Gasteiger partial charge in [0.15, 0.2) is 11.5 Å². The summed E-state index contributed by atoms with van der Waals surface area (Å²) in [7, 11) is 1.49. The molecule has 1 amide bonds. The Kier molecular flexibility index (Phi) is 6.68. The Morgan fingerprint density at radius 2 is 1.74 bits per heavy atom. The Labute approximate surface area is 155 Å². The molecule has 0 spiro atoms. The summed E-state index contributed by atoms with van der Waals surface area (Å²) in [6, 6.07) is 9.57. The molecule has 27 heavy (non-hydrogen) atoms. The zero-order valence-electron chi connectivity index (χ0n) is 15.0. The van der Waals surface area contributed by atoms with Crippen LogP contribution in [0.2, 0.25) is 0 Å². The van der Waals surface area contributed by atoms with Crippen LogP contribution in [0.25, 0.3) is 0 Å². The second-order valence-electron chi connectivity index (χ2n) is 5.97. The number of hydrogen-bond acceptors (Lipinski definition) is 4. The lowest BCUT2D eigenvalue weighted by atomic mass is 10.1. The molecule has 1 unspecified atom stereocenters. The summed E-state index contributed by atoms with van der Waals surface area (Å²) in [4.78, 5) is 11.0. The zero-order chi connectivity index (χ0) is 20.0. The molecule has 0 aliphatic rings. The molecule has 2 aromatic carbocycles. The third-order valence-corrected chi connectivity index (χ3v) is 3.94. The Bertz CT molecular complexity index is 777. The first-order chi connectivity index (χ1) is 12.7. The molecule has 0 aromatic heterocycles. The zero-order valence-corrected chi connectivity index (χ0v) is 15.0. The van der Waals surface area contributed by atoms with Crippen molar-refractivity contribution in [3.05, 3.63) is 59.2 Å². The molecular weight excluding hydrogens is 361 g/mol. The van der Waals surface area contributed by atoms with Crippen molar-refractivity contribution in [2.45, 2.75) is 32.3 Å². The number of nitrogens with one attached hydrogen (secondary N) is 1. The highest BCUT2D eigenvalue weighted by molar-refractivity contribution is 5.79. The van der Waals surface area contributed by atoms with Crippen LogP contribution in [-0.2, 0) is 24.1 Å². The summed E-state index contributed by atoms with van der Waals surface area (Å²) in [5.74, 6) is 0.496. The van der Waals surface area contributed by atoms with E-state index in [1.54, 1.807) is 25.1 Å². The normalized spacial score (nSPS) is 12.5. The van der Waals surface area contributed by atoms with E-state index < -0.39 is 23.7 Å². The van der Waals surface area contributed by atoms with Gasteiger partial charge in [0.25, 0.3) is 0 Å². The highest BCUT2D eigenvalue weighted by Crippen LogP contribution is 2.31. The van der Waals surface area contributed by atoms with Crippen molar-refractivity contribution in [2.75, 3.05) is 7.11 Å². The van der Waals surface area contributed by atoms with Gasteiger partial charge >= 0.3 is 6.18 Å². The van der Waals surface area contributed by atoms with Gasteiger partial charge in [-0.15, -0.1) is 0 Å². The standard InChI is InChI=1S/C19H21F3N2O3/c1-12(18(23)25)24-10-14-5-8-16(17(9-14)26-2)27-11-13-3-6-15(7-4-13)19(20,21)22/h3-9,12,24H,10-11H2,1-2H3,(H2,23,25). The monoisotopic (exact) mass is 382 g/mol. The number of primary amides is 1. The summed E-state index contributed by atoms with van der Waals surface area (Å²) in [5.41, 5.74) is 5.96. The Morgan fingerprint density at radius 1 is 1.11 bits per heavy atom. The maximum absolute atomic E-state index is 12.6. The van der Waals surface area contributed by atoms with E-state index in [4.69, 9.17) is 15.2 Å². The maximum atomic E-state index is 12.6. The lowest BCUT2D eigenvalue weighted by Crippen LogP contribution is -2.38. The minimum absolute atomic E-state index is 0.102. The van der Waals surface area contributed by atoms with Gasteiger partial charge in [-0.2, -0.15) is 13.2 Å². The molecule has 2 aromatic rings. The lowest BCUT2D eigenvalue weighted by molar-refractivity contribution is -0.137. The van der Waals surface area contributed by atoms with Crippen LogP contribution in [-0.4, -0.2) is 19.1 Å². The number of ether oxygens (including phenoxy) is 2. The number of alkyl halides is 3. The van der Waals surface area contributed by atoms with Gasteiger partial charge in [-0.25, -0.2) is 0 Å². The van der Waals surface area contributed by atoms with Crippen LogP contribution in [0.3, 0.4) is 0 Å². The molecule has 3 N–H and O–H groups in total. The molecule has 1 atom stereocenters. The SMILES string of the molecule is COc1cc(CNC(C)C(N)=O)ccc1OCc1ccc(C(F)(F)F)cc1. The van der Waals surface area contributed by atoms with Gasteiger partial charge in [0.2, 0.25) is 5.91 Å². The van der Waals surface area contributed by atoms with Crippen LogP contribution >= 0.6 is 0 Å². The van der Waals surface area contributed by atoms with Gasteiger partial charge in [-0.05, 0) is 42.3 Å². The molecule has 0 bridgehead atoms. The number of amides is 1. The topological polar surface area (TPSA) is 73.6 Å². The first kappa shape index (κ1) is 20.6. The second kappa shape index (κ2) is 8.77. The molecule has 5 nitrogen and oxygen atoms in total. The van der Waals surface area contributed by atoms with E-state index in [1.807, 2.05) is 0 Å². The van der Waals surface area contributed by atoms with Crippen molar-refractivity contribution in [1.82, 2.24) is 5.32 Å². The van der Waals surface area contributed by atoms with Crippen LogP contribution in [0.4, 0.5) is 13.2 Å². The molecular formula is C19H21F3N2O3. The first-order valence-corrected chi connectivity index (χ1v) is 8.19. The average Bonchev–Trinajstić information content (AvgIpc) is 2.64. The summed E-state index contributed by atoms with van der Waals surface area (Å²) < 4.78 is 48.7. The maximum Gasteiger partial charge on any atom is 0.416 e. The van der Waals surface area contributed by atoms with Gasteiger partial charge in [-0.3, -0.25) is 4.79 Å². The van der Waals surface area contributed by atoms with E-state index in [0.29, 0.717) is 23.6 Å². The van der Waals surface area contributed by atoms with Crippen molar-refractivity contribution in [3.8, 4) is 11.5 Å². The van der Waals surface area contributed by atoms with Gasteiger partial charge < -0.3 is 20.5 Å². The fourth-order valence-corrected chi connectivity index (χ4v) is 2.26. The van der Waals surface area contributed by atoms with Crippen molar-refractivity contribution in [1.29, 1.82) is 0 Å². The number of rotatable bonds is 8. The molecule has 0 saturated carbocycles. The number of nitrogens with two attached hydrogens (primary N) is 1. The Morgan fingerprint density at radius 3 is 2.30 bits per heavy atom. The Hall–Kier alpha value is -2.74. The van der Waals surface area contributed by atoms with E-state index in [2.05, 4.69) is 5.32 Å². The minimum atomic E-state index is -4.36. The van der Waals surface area contributed by atoms with E-state index >= 15 is 0 Å². The van der Waals surface area contributed by atoms with Gasteiger partial charge in [0.05, 0.1) is 18.7 Å². The molecule has 0 radical (unpaired) electrons. The number of benzene rings is 2. The van der Waals surface area contributed by atoms with Crippen LogP contribution in [0.5, 0.6) is 11.5 Å². The quantitative estimate of drug-likeness (QED) is 0.735. The summed E-state index contributed by atoms with van der Waals surface area (Å²) in [6.07, 6.45) is -4.36. The van der Waals surface area contributed by atoms with Gasteiger partial charge in [0, 0.05) is 6.54 Å². The van der Waals surface area contributed by atoms with E-state index in [1.165, 1.54) is 19.2 Å². The number of methoxy groups -OCH3 is 1. The molecule has 0 saturated heterocycles. The molecule has 8 heteroatoms. The predicted molar refractivity (Wildman–Crippen MR) is 94.3 cm³/mol. The highest BCUT2D eigenvalue weighted by atomic mass is 19.4. The summed E-state index contributed by atoms with van der Waals surface area (Å²) in [6.45, 7) is 2.19. The largest absolute Gasteiger partial charge is 0.493 e. The minimum Gasteiger partial charge on any atom is -0.493 e. The van der Waals surface area contributed by atoms with Crippen molar-refractivity contribution in [3.63, 3.8) is 0 Å². The Balaban J connectivity index is 2.01. The van der Waals surface area contributed by atoms with Gasteiger partial charge in [-0.1, -0.05) is 18.2 Å². The molecule has 146 valence electrons. The van der Waals surface area contributed by atoms with Crippen LogP contribution in [0.1, 0.15) is 23.6 Å². The average molecular weight is 382 g/mol. The third kappa shape index (κ3) is 5.89. The summed E-state index contributed by atoms with van der Waals surface area (Å²) >= 11 is 0. The molecule has 2 rings (SSSR count). The third-order valence-electron chi connectivity index (χ3n) is 3.94. The van der Waals surface area contributed by atoms with E-state index in [0.717, 1.165) is 17.7 Å². The van der Waals surface area contributed by atoms with Crippen LogP contribution in [0, 0.1) is 0 Å². The van der Waals surface area contributed by atoms with Crippen molar-refractivity contribution in [2.24, 2.45) is 5.73 Å². The van der Waals surface area contributed by atoms with Crippen molar-refractivity contribution < 1.29 is 27.4 Å². The number of halogens is 3. The van der Waals surface area contributed by atoms with Crippen molar-refractivity contribution >= 4 is 5.91 Å². The number of carbonyl (C=O) groups excluding carboxylic acids is 1. The highest BCUT2D eigenvalue weighted by Gasteiger charge is 2.29. The smallest absolute Gasteiger partial charge is 0.416 e. The van der Waals surface area contributed by atoms with Gasteiger partial charge in [0.1, 0.15) is 6.61 Å². The van der Waals surface area contributed by atoms with E-state index in [9.17, 15) is 18.0 Å². The molecule has 0 heterocycles. The molecule has 0 aliphatic heterocycles. The van der Waals surface area contributed by atoms with E-state index in [-0.39, 0.29) is 6.61 Å². The number of carbonyl (C=O) groups is 1. The van der Waals surface area contributed by atoms with Crippen LogP contribution < -0.4 is 20.5 Å². The summed E-state index contributed by atoms with van der Waals surface area (Å²) in [5, 5.41) is 2.98. The van der Waals surface area contributed by atoms with Crippen LogP contribution in [0.15, 0.2) is 42.5 Å². The fourth-order valence-electron chi connectivity index (χ4n) is 2.26.